The fraction of sp³-hybridized carbons (Fsp3) is 0.235. The summed E-state index contributed by atoms with van der Waals surface area (Å²) in [6.45, 7) is 1.80. The first-order valence-corrected chi connectivity index (χ1v) is 8.97. The van der Waals surface area contributed by atoms with E-state index < -0.39 is 10.0 Å². The molecule has 2 rings (SSSR count). The first kappa shape index (κ1) is 18.1. The summed E-state index contributed by atoms with van der Waals surface area (Å²) in [6, 6.07) is 11.9. The summed E-state index contributed by atoms with van der Waals surface area (Å²) in [5.41, 5.74) is 1.52. The van der Waals surface area contributed by atoms with Crippen molar-refractivity contribution in [3.63, 3.8) is 0 Å². The number of benzene rings is 2. The summed E-state index contributed by atoms with van der Waals surface area (Å²) in [5.74, 6) is -0.487. The Morgan fingerprint density at radius 3 is 2.46 bits per heavy atom. The number of hydrogen-bond acceptors (Lipinski definition) is 3. The molecule has 2 aromatic carbocycles. The van der Waals surface area contributed by atoms with Crippen LogP contribution < -0.4 is 10.5 Å². The fourth-order valence-corrected chi connectivity index (χ4v) is 2.81. The molecule has 0 radical (unpaired) electrons. The van der Waals surface area contributed by atoms with Crippen LogP contribution in [0.5, 0.6) is 0 Å². The summed E-state index contributed by atoms with van der Waals surface area (Å²) in [6.07, 6.45) is 0.684. The molecule has 1 atom stereocenters. The predicted octanol–water partition coefficient (Wildman–Crippen LogP) is 2.28. The van der Waals surface area contributed by atoms with Crippen LogP contribution in [0.1, 0.15) is 30.5 Å². The van der Waals surface area contributed by atoms with Crippen LogP contribution >= 0.6 is 0 Å². The van der Waals surface area contributed by atoms with E-state index in [4.69, 9.17) is 5.14 Å². The molecule has 1 unspecified atom stereocenters. The molecule has 2 aromatic rings. The molecule has 0 spiro atoms. The van der Waals surface area contributed by atoms with Crippen molar-refractivity contribution in [2.75, 3.05) is 0 Å². The van der Waals surface area contributed by atoms with E-state index in [1.165, 1.54) is 24.3 Å². The van der Waals surface area contributed by atoms with Gasteiger partial charge < -0.3 is 5.32 Å². The Morgan fingerprint density at radius 1 is 1.21 bits per heavy atom. The van der Waals surface area contributed by atoms with Crippen LogP contribution in [-0.4, -0.2) is 14.3 Å². The Hall–Kier alpha value is -2.25. The molecule has 0 aliphatic carbocycles. The second-order valence-corrected chi connectivity index (χ2v) is 7.09. The minimum absolute atomic E-state index is 0.0240. The second-order valence-electron chi connectivity index (χ2n) is 5.53. The average Bonchev–Trinajstić information content (AvgIpc) is 2.52. The van der Waals surface area contributed by atoms with Gasteiger partial charge in [0.15, 0.2) is 0 Å². The van der Waals surface area contributed by atoms with Gasteiger partial charge in [0.1, 0.15) is 5.82 Å². The van der Waals surface area contributed by atoms with Gasteiger partial charge in [-0.1, -0.05) is 24.3 Å². The molecular weight excluding hydrogens is 331 g/mol. The predicted molar refractivity (Wildman–Crippen MR) is 89.1 cm³/mol. The molecule has 0 aromatic heterocycles. The Labute approximate surface area is 140 Å². The number of sulfonamides is 1. The molecule has 0 fully saturated rings. The third-order valence-corrected chi connectivity index (χ3v) is 4.55. The van der Waals surface area contributed by atoms with E-state index in [1.54, 1.807) is 31.2 Å². The quantitative estimate of drug-likeness (QED) is 0.837. The summed E-state index contributed by atoms with van der Waals surface area (Å²) in [5, 5.41) is 7.87. The number of primary sulfonamides is 1. The minimum Gasteiger partial charge on any atom is -0.350 e. The highest BCUT2D eigenvalue weighted by atomic mass is 32.2. The third-order valence-electron chi connectivity index (χ3n) is 3.62. The number of carbonyl (C=O) groups excluding carboxylic acids is 1. The van der Waals surface area contributed by atoms with Crippen molar-refractivity contribution in [1.29, 1.82) is 0 Å². The number of amides is 1. The average molecular weight is 350 g/mol. The number of rotatable bonds is 6. The van der Waals surface area contributed by atoms with E-state index in [9.17, 15) is 17.6 Å². The zero-order valence-corrected chi connectivity index (χ0v) is 14.0. The van der Waals surface area contributed by atoms with Crippen LogP contribution in [0.25, 0.3) is 0 Å². The summed E-state index contributed by atoms with van der Waals surface area (Å²) in [4.78, 5) is 12.0. The maximum atomic E-state index is 13.1. The molecular formula is C17H19FN2O3S. The minimum atomic E-state index is -3.73. The van der Waals surface area contributed by atoms with Crippen LogP contribution in [0, 0.1) is 5.82 Å². The number of nitrogens with one attached hydrogen (secondary N) is 1. The van der Waals surface area contributed by atoms with E-state index in [0.717, 1.165) is 11.1 Å². The first-order chi connectivity index (χ1) is 11.3. The van der Waals surface area contributed by atoms with E-state index in [0.29, 0.717) is 6.42 Å². The number of carbonyl (C=O) groups is 1. The van der Waals surface area contributed by atoms with Gasteiger partial charge in [-0.05, 0) is 48.7 Å². The molecule has 3 N–H and O–H groups in total. The summed E-state index contributed by atoms with van der Waals surface area (Å²) >= 11 is 0. The Kier molecular flexibility index (Phi) is 5.69. The standard InChI is InChI=1S/C17H19FN2O3S/c1-12(14-6-8-16(9-7-14)24(19,22)23)20-17(21)10-5-13-3-2-4-15(18)11-13/h2-4,6-9,11-12H,5,10H2,1H3,(H,20,21)(H2,19,22,23). The molecule has 0 aliphatic rings. The van der Waals surface area contributed by atoms with Crippen molar-refractivity contribution in [3.8, 4) is 0 Å². The van der Waals surface area contributed by atoms with Crippen LogP contribution in [0.15, 0.2) is 53.4 Å². The van der Waals surface area contributed by atoms with Crippen LogP contribution in [-0.2, 0) is 21.2 Å². The summed E-state index contributed by atoms with van der Waals surface area (Å²) < 4.78 is 35.5. The Balaban J connectivity index is 1.91. The van der Waals surface area contributed by atoms with Crippen LogP contribution in [0.2, 0.25) is 0 Å². The largest absolute Gasteiger partial charge is 0.350 e. The van der Waals surface area contributed by atoms with Gasteiger partial charge in [0.25, 0.3) is 0 Å². The molecule has 0 saturated heterocycles. The van der Waals surface area contributed by atoms with Gasteiger partial charge in [0.2, 0.25) is 15.9 Å². The maximum Gasteiger partial charge on any atom is 0.238 e. The molecule has 0 heterocycles. The fourth-order valence-electron chi connectivity index (χ4n) is 2.29. The van der Waals surface area contributed by atoms with Crippen molar-refractivity contribution >= 4 is 15.9 Å². The van der Waals surface area contributed by atoms with Crippen molar-refractivity contribution in [1.82, 2.24) is 5.32 Å². The lowest BCUT2D eigenvalue weighted by atomic mass is 10.1. The SMILES string of the molecule is CC(NC(=O)CCc1cccc(F)c1)c1ccc(S(N)(=O)=O)cc1. The van der Waals surface area contributed by atoms with Crippen LogP contribution in [0.4, 0.5) is 4.39 Å². The Morgan fingerprint density at radius 2 is 1.88 bits per heavy atom. The molecule has 7 heteroatoms. The highest BCUT2D eigenvalue weighted by Crippen LogP contribution is 2.16. The molecule has 0 bridgehead atoms. The molecule has 5 nitrogen and oxygen atoms in total. The van der Waals surface area contributed by atoms with Crippen LogP contribution in [0.3, 0.4) is 0 Å². The van der Waals surface area contributed by atoms with Gasteiger partial charge in [0, 0.05) is 6.42 Å². The van der Waals surface area contributed by atoms with Gasteiger partial charge in [-0.3, -0.25) is 4.79 Å². The highest BCUT2D eigenvalue weighted by Gasteiger charge is 2.12. The number of nitrogens with two attached hydrogens (primary N) is 1. The normalized spacial score (nSPS) is 12.6. The smallest absolute Gasteiger partial charge is 0.238 e. The Bertz CT molecular complexity index is 820. The van der Waals surface area contributed by atoms with Crippen molar-refractivity contribution < 1.29 is 17.6 Å². The lowest BCUT2D eigenvalue weighted by Crippen LogP contribution is -2.26. The maximum absolute atomic E-state index is 13.1. The van der Waals surface area contributed by atoms with Crippen molar-refractivity contribution in [3.05, 3.63) is 65.5 Å². The summed E-state index contributed by atoms with van der Waals surface area (Å²) in [7, 11) is -3.73. The first-order valence-electron chi connectivity index (χ1n) is 7.42. The van der Waals surface area contributed by atoms with Gasteiger partial charge in [-0.2, -0.15) is 0 Å². The third kappa shape index (κ3) is 5.14. The molecule has 24 heavy (non-hydrogen) atoms. The molecule has 0 aliphatic heterocycles. The highest BCUT2D eigenvalue weighted by molar-refractivity contribution is 7.89. The van der Waals surface area contributed by atoms with Gasteiger partial charge >= 0.3 is 0 Å². The zero-order chi connectivity index (χ0) is 17.7. The van der Waals surface area contributed by atoms with Gasteiger partial charge in [-0.15, -0.1) is 0 Å². The van der Waals surface area contributed by atoms with E-state index in [2.05, 4.69) is 5.32 Å². The zero-order valence-electron chi connectivity index (χ0n) is 13.2. The monoisotopic (exact) mass is 350 g/mol. The van der Waals surface area contributed by atoms with Gasteiger partial charge in [-0.25, -0.2) is 17.9 Å². The number of aryl methyl sites for hydroxylation is 1. The number of hydrogen-bond donors (Lipinski definition) is 2. The van der Waals surface area contributed by atoms with Crippen molar-refractivity contribution in [2.45, 2.75) is 30.7 Å². The van der Waals surface area contributed by atoms with E-state index >= 15 is 0 Å². The second kappa shape index (κ2) is 7.55. The van der Waals surface area contributed by atoms with E-state index in [-0.39, 0.29) is 29.1 Å². The number of halogens is 1. The van der Waals surface area contributed by atoms with Crippen molar-refractivity contribution in [2.24, 2.45) is 5.14 Å². The topological polar surface area (TPSA) is 89.3 Å². The lowest BCUT2D eigenvalue weighted by molar-refractivity contribution is -0.121. The molecule has 0 saturated carbocycles. The molecule has 128 valence electrons. The molecule has 1 amide bonds. The van der Waals surface area contributed by atoms with E-state index in [1.807, 2.05) is 0 Å². The lowest BCUT2D eigenvalue weighted by Gasteiger charge is -2.14. The van der Waals surface area contributed by atoms with Gasteiger partial charge in [0.05, 0.1) is 10.9 Å².